The lowest BCUT2D eigenvalue weighted by Crippen LogP contribution is -2.23. The molecular weight excluding hydrogens is 144 g/mol. The lowest BCUT2D eigenvalue weighted by atomic mass is 10.0. The standard InChI is InChI=1S/C8H14O3/c1-4-7(6(3)9)8(10)11-5-2/h7H,4-5H2,1-3H3/i1D3,4D2. The zero-order valence-corrected chi connectivity index (χ0v) is 6.51. The zero-order chi connectivity index (χ0) is 13.1. The van der Waals surface area contributed by atoms with Crippen LogP contribution in [0.4, 0.5) is 0 Å². The Labute approximate surface area is 73.8 Å². The van der Waals surface area contributed by atoms with Crippen LogP contribution in [0.25, 0.3) is 0 Å². The van der Waals surface area contributed by atoms with Crippen molar-refractivity contribution >= 4 is 11.8 Å². The van der Waals surface area contributed by atoms with E-state index < -0.39 is 30.9 Å². The first-order valence-electron chi connectivity index (χ1n) is 5.72. The monoisotopic (exact) mass is 163 g/mol. The number of Topliss-reactive ketones (excluding diaryl/α,β-unsaturated/α-hetero) is 1. The second-order valence-electron chi connectivity index (χ2n) is 1.94. The smallest absolute Gasteiger partial charge is 0.316 e. The van der Waals surface area contributed by atoms with Crippen LogP contribution in [0.15, 0.2) is 0 Å². The topological polar surface area (TPSA) is 43.4 Å². The highest BCUT2D eigenvalue weighted by molar-refractivity contribution is 5.97. The number of rotatable bonds is 4. The highest BCUT2D eigenvalue weighted by Crippen LogP contribution is 2.05. The van der Waals surface area contributed by atoms with Gasteiger partial charge < -0.3 is 4.74 Å². The molecule has 1 unspecified atom stereocenters. The van der Waals surface area contributed by atoms with E-state index in [0.29, 0.717) is 0 Å². The molecule has 0 aromatic heterocycles. The van der Waals surface area contributed by atoms with Gasteiger partial charge in [0, 0.05) is 6.85 Å². The third-order valence-electron chi connectivity index (χ3n) is 1.07. The van der Waals surface area contributed by atoms with Gasteiger partial charge in [0.05, 0.1) is 6.61 Å². The van der Waals surface area contributed by atoms with Gasteiger partial charge in [-0.2, -0.15) is 0 Å². The molecule has 0 aliphatic rings. The molecule has 1 atom stereocenters. The third-order valence-corrected chi connectivity index (χ3v) is 1.07. The molecule has 64 valence electrons. The number of ether oxygens (including phenoxy) is 1. The second-order valence-corrected chi connectivity index (χ2v) is 1.94. The molecule has 0 spiro atoms. The van der Waals surface area contributed by atoms with Crippen molar-refractivity contribution in [3.8, 4) is 0 Å². The predicted octanol–water partition coefficient (Wildman–Crippen LogP) is 1.16. The largest absolute Gasteiger partial charge is 0.465 e. The van der Waals surface area contributed by atoms with Crippen molar-refractivity contribution < 1.29 is 21.2 Å². The van der Waals surface area contributed by atoms with Crippen molar-refractivity contribution in [2.45, 2.75) is 27.1 Å². The van der Waals surface area contributed by atoms with Gasteiger partial charge in [-0.3, -0.25) is 9.59 Å². The van der Waals surface area contributed by atoms with E-state index in [0.717, 1.165) is 6.92 Å². The summed E-state index contributed by atoms with van der Waals surface area (Å²) >= 11 is 0. The number of ketones is 1. The Hall–Kier alpha value is -0.860. The van der Waals surface area contributed by atoms with Gasteiger partial charge in [0.25, 0.3) is 0 Å². The maximum atomic E-state index is 11.3. The fourth-order valence-electron chi connectivity index (χ4n) is 0.552. The molecule has 0 radical (unpaired) electrons. The summed E-state index contributed by atoms with van der Waals surface area (Å²) in [5, 5.41) is 0. The number of hydrogen-bond donors (Lipinski definition) is 0. The summed E-state index contributed by atoms with van der Waals surface area (Å²) in [4.78, 5) is 22.5. The Bertz CT molecular complexity index is 284. The van der Waals surface area contributed by atoms with Crippen LogP contribution in [-0.4, -0.2) is 18.4 Å². The second kappa shape index (κ2) is 4.88. The lowest BCUT2D eigenvalue weighted by molar-refractivity contribution is -0.151. The van der Waals surface area contributed by atoms with Gasteiger partial charge in [-0.25, -0.2) is 0 Å². The Balaban J connectivity index is 5.22. The molecule has 3 nitrogen and oxygen atoms in total. The van der Waals surface area contributed by atoms with Crippen LogP contribution in [-0.2, 0) is 14.3 Å². The van der Waals surface area contributed by atoms with E-state index in [9.17, 15) is 9.59 Å². The van der Waals surface area contributed by atoms with Crippen LogP contribution >= 0.6 is 0 Å². The van der Waals surface area contributed by atoms with Gasteiger partial charge >= 0.3 is 5.97 Å². The SMILES string of the molecule is [2H]C([2H])([2H])C([2H])([2H])C(C(C)=O)C(=O)OCC. The number of hydrogen-bond acceptors (Lipinski definition) is 3. The third kappa shape index (κ3) is 3.16. The minimum absolute atomic E-state index is 0.0420. The minimum Gasteiger partial charge on any atom is -0.465 e. The van der Waals surface area contributed by atoms with Gasteiger partial charge in [-0.05, 0) is 20.2 Å². The van der Waals surface area contributed by atoms with Gasteiger partial charge in [0.2, 0.25) is 0 Å². The number of carbonyl (C=O) groups excluding carboxylic acids is 2. The van der Waals surface area contributed by atoms with Crippen molar-refractivity contribution in [2.24, 2.45) is 5.92 Å². The Morgan fingerprint density at radius 1 is 1.73 bits per heavy atom. The fraction of sp³-hybridized carbons (Fsp3) is 0.750. The Morgan fingerprint density at radius 2 is 2.36 bits per heavy atom. The first-order chi connectivity index (χ1) is 7.05. The quantitative estimate of drug-likeness (QED) is 0.461. The highest BCUT2D eigenvalue weighted by atomic mass is 16.5. The van der Waals surface area contributed by atoms with Crippen LogP contribution in [0.2, 0.25) is 0 Å². The fourth-order valence-corrected chi connectivity index (χ4v) is 0.552. The average Bonchev–Trinajstić information content (AvgIpc) is 2.00. The van der Waals surface area contributed by atoms with Crippen molar-refractivity contribution in [2.75, 3.05) is 6.61 Å². The van der Waals surface area contributed by atoms with E-state index in [4.69, 9.17) is 6.85 Å². The van der Waals surface area contributed by atoms with Gasteiger partial charge in [-0.1, -0.05) is 6.85 Å². The van der Waals surface area contributed by atoms with Crippen LogP contribution in [0.1, 0.15) is 33.9 Å². The predicted molar refractivity (Wildman–Crippen MR) is 41.1 cm³/mol. The summed E-state index contributed by atoms with van der Waals surface area (Å²) in [6, 6.07) is 0. The summed E-state index contributed by atoms with van der Waals surface area (Å²) in [7, 11) is 0. The number of carbonyl (C=O) groups is 2. The molecule has 0 aliphatic carbocycles. The van der Waals surface area contributed by atoms with Crippen molar-refractivity contribution in [1.82, 2.24) is 0 Å². The molecule has 0 saturated carbocycles. The summed E-state index contributed by atoms with van der Waals surface area (Å²) in [5.41, 5.74) is 0. The van der Waals surface area contributed by atoms with Crippen molar-refractivity contribution in [3.63, 3.8) is 0 Å². The van der Waals surface area contributed by atoms with E-state index in [1.807, 2.05) is 0 Å². The normalized spacial score (nSPS) is 21.5. The van der Waals surface area contributed by atoms with E-state index >= 15 is 0 Å². The first kappa shape index (κ1) is 4.24. The van der Waals surface area contributed by atoms with Crippen molar-refractivity contribution in [1.29, 1.82) is 0 Å². The molecule has 0 amide bonds. The van der Waals surface area contributed by atoms with E-state index in [2.05, 4.69) is 4.74 Å². The Morgan fingerprint density at radius 3 is 2.73 bits per heavy atom. The molecule has 0 saturated heterocycles. The molecule has 0 aromatic carbocycles. The van der Waals surface area contributed by atoms with E-state index in [-0.39, 0.29) is 6.61 Å². The summed E-state index contributed by atoms with van der Waals surface area (Å²) < 4.78 is 40.2. The van der Waals surface area contributed by atoms with E-state index in [1.165, 1.54) is 6.92 Å². The van der Waals surface area contributed by atoms with Crippen molar-refractivity contribution in [3.05, 3.63) is 0 Å². The van der Waals surface area contributed by atoms with Crippen LogP contribution in [0.5, 0.6) is 0 Å². The minimum atomic E-state index is -3.06. The zero-order valence-electron chi connectivity index (χ0n) is 11.5. The molecule has 0 N–H and O–H groups in total. The summed E-state index contributed by atoms with van der Waals surface area (Å²) in [6.45, 7) is -0.652. The van der Waals surface area contributed by atoms with Gasteiger partial charge in [-0.15, -0.1) is 0 Å². The first-order valence-corrected chi connectivity index (χ1v) is 3.22. The molecule has 3 heteroatoms. The van der Waals surface area contributed by atoms with Crippen LogP contribution < -0.4 is 0 Å². The molecule has 0 rings (SSSR count). The van der Waals surface area contributed by atoms with E-state index in [1.54, 1.807) is 0 Å². The molecule has 0 bridgehead atoms. The Kier molecular flexibility index (Phi) is 1.88. The molecule has 0 fully saturated rings. The summed E-state index contributed by atoms with van der Waals surface area (Å²) in [5.74, 6) is -3.92. The molecular formula is C8H14O3. The average molecular weight is 163 g/mol. The number of esters is 1. The molecule has 11 heavy (non-hydrogen) atoms. The van der Waals surface area contributed by atoms with Gasteiger partial charge in [0.1, 0.15) is 11.7 Å². The highest BCUT2D eigenvalue weighted by Gasteiger charge is 2.21. The lowest BCUT2D eigenvalue weighted by Gasteiger charge is -2.08. The van der Waals surface area contributed by atoms with Crippen LogP contribution in [0.3, 0.4) is 0 Å². The maximum Gasteiger partial charge on any atom is 0.316 e. The molecule has 0 heterocycles. The van der Waals surface area contributed by atoms with Crippen LogP contribution in [0, 0.1) is 5.92 Å². The summed E-state index contributed by atoms with van der Waals surface area (Å²) in [6.07, 6.45) is -2.93. The van der Waals surface area contributed by atoms with Gasteiger partial charge in [0.15, 0.2) is 0 Å². The molecule has 0 aromatic rings. The maximum absolute atomic E-state index is 11.3. The molecule has 0 aliphatic heterocycles.